The van der Waals surface area contributed by atoms with Crippen molar-refractivity contribution in [2.24, 2.45) is 4.99 Å². The second-order valence-electron chi connectivity index (χ2n) is 16.6. The third kappa shape index (κ3) is 4.66. The maximum atomic E-state index is 15.0. The highest BCUT2D eigenvalue weighted by molar-refractivity contribution is 7.86. The Morgan fingerprint density at radius 1 is 0.500 bits per heavy atom. The number of aliphatic hydroxyl groups excluding tert-OH is 1. The minimum atomic E-state index is -4.60. The summed E-state index contributed by atoms with van der Waals surface area (Å²) in [5.41, 5.74) is 5.47. The maximum Gasteiger partial charge on any atom is 0.294 e. The third-order valence-corrected chi connectivity index (χ3v) is 15.1. The Labute approximate surface area is 364 Å². The van der Waals surface area contributed by atoms with Gasteiger partial charge in [0.1, 0.15) is 5.76 Å². The number of carbonyl (C=O) groups excluding carboxylic acids is 1. The van der Waals surface area contributed by atoms with Crippen molar-refractivity contribution in [3.8, 4) is 22.3 Å². The number of nitrogens with one attached hydrogen (secondary N) is 3. The zero-order chi connectivity index (χ0) is 43.7. The van der Waals surface area contributed by atoms with Gasteiger partial charge in [0, 0.05) is 55.2 Å². The molecule has 0 saturated carbocycles. The average Bonchev–Trinajstić information content (AvgIpc) is 3.69. The van der Waals surface area contributed by atoms with E-state index in [1.54, 1.807) is 24.3 Å². The number of fused-ring (bicyclic) bond motifs is 10. The molecule has 0 amide bonds. The number of carbonyl (C=O) groups is 1. The molecule has 2 aliphatic heterocycles. The molecule has 13 rings (SSSR count). The van der Waals surface area contributed by atoms with Crippen LogP contribution in [-0.4, -0.2) is 36.8 Å². The largest absolute Gasteiger partial charge is 0.506 e. The van der Waals surface area contributed by atoms with E-state index in [1.807, 2.05) is 97.1 Å². The number of ketones is 1. The van der Waals surface area contributed by atoms with E-state index in [4.69, 9.17) is 4.99 Å². The first-order valence-corrected chi connectivity index (χ1v) is 23.1. The van der Waals surface area contributed by atoms with E-state index in [0.29, 0.717) is 49.7 Å². The zero-order valence-electron chi connectivity index (χ0n) is 33.0. The lowest BCUT2D eigenvalue weighted by molar-refractivity contribution is -0.109. The summed E-state index contributed by atoms with van der Waals surface area (Å²) >= 11 is 0. The van der Waals surface area contributed by atoms with E-state index in [0.717, 1.165) is 49.5 Å². The first-order valence-electron chi connectivity index (χ1n) is 20.3. The Morgan fingerprint density at radius 3 is 1.75 bits per heavy atom. The van der Waals surface area contributed by atoms with E-state index in [1.165, 1.54) is 24.3 Å². The lowest BCUT2D eigenvalue weighted by Gasteiger charge is -2.41. The number of allylic oxidation sites excluding steroid dienone is 2. The Bertz CT molecular complexity index is 4000. The first-order chi connectivity index (χ1) is 30.8. The van der Waals surface area contributed by atoms with E-state index < -0.39 is 37.3 Å². The first kappa shape index (κ1) is 37.0. The highest BCUT2D eigenvalue weighted by Crippen LogP contribution is 2.56. The van der Waals surface area contributed by atoms with Gasteiger partial charge in [0.15, 0.2) is 11.3 Å². The molecule has 3 aliphatic carbocycles. The molecule has 0 saturated heterocycles. The second-order valence-corrected chi connectivity index (χ2v) is 19.4. The highest BCUT2D eigenvalue weighted by atomic mass is 32.2. The van der Waals surface area contributed by atoms with Crippen LogP contribution >= 0.6 is 0 Å². The predicted molar refractivity (Wildman–Crippen MR) is 242 cm³/mol. The van der Waals surface area contributed by atoms with Crippen LogP contribution in [0.1, 0.15) is 27.8 Å². The average molecular weight is 879 g/mol. The molecular weight excluding hydrogens is 849 g/mol. The Balaban J connectivity index is 1.06. The minimum Gasteiger partial charge on any atom is -0.506 e. The molecule has 2 spiro atoms. The van der Waals surface area contributed by atoms with Crippen LogP contribution in [0.3, 0.4) is 0 Å². The summed E-state index contributed by atoms with van der Waals surface area (Å²) in [6.45, 7) is 0. The number of Topliss-reactive ketones (excluding diaryl/α,β-unsaturated/α-hetero) is 1. The van der Waals surface area contributed by atoms with Crippen molar-refractivity contribution >= 4 is 75.8 Å². The molecule has 2 unspecified atom stereocenters. The standard InChI is InChI=1S/C50H30N4O8S2/c55-47-43(33-19-15-25-7-5-13-39-41(25)45(33)53-49(51-39)35-11-3-1-9-29(35)31-21-17-27(23-37(31)49)63(57,58)59)48(56)44(47)34-20-16-26-8-6-14-40-42(26)46(34)54-50(52-40)36-12-4-2-10-30(36)32-22-18-28(24-38(32)50)64(60,61)62/h1-24,51-53,55H,(H,57,58,59)(H,60,61,62)/b44-34-. The maximum absolute atomic E-state index is 15.0. The molecule has 2 heterocycles. The van der Waals surface area contributed by atoms with E-state index in [2.05, 4.69) is 16.0 Å². The van der Waals surface area contributed by atoms with Crippen LogP contribution in [0.15, 0.2) is 166 Å². The summed E-state index contributed by atoms with van der Waals surface area (Å²) in [5, 5.41) is 27.2. The number of anilines is 3. The van der Waals surface area contributed by atoms with Gasteiger partial charge in [-0.15, -0.1) is 0 Å². The summed E-state index contributed by atoms with van der Waals surface area (Å²) in [5.74, 6) is -0.678. The van der Waals surface area contributed by atoms with Gasteiger partial charge in [-0.3, -0.25) is 13.9 Å². The number of benzene rings is 8. The van der Waals surface area contributed by atoms with Gasteiger partial charge in [0.2, 0.25) is 5.78 Å². The monoisotopic (exact) mass is 878 g/mol. The number of aliphatic hydroxyl groups is 1. The van der Waals surface area contributed by atoms with Gasteiger partial charge < -0.3 is 21.1 Å². The van der Waals surface area contributed by atoms with Crippen molar-refractivity contribution < 1.29 is 35.8 Å². The van der Waals surface area contributed by atoms with Crippen LogP contribution in [0, 0.1) is 0 Å². The van der Waals surface area contributed by atoms with Crippen LogP contribution in [0.25, 0.3) is 54.9 Å². The van der Waals surface area contributed by atoms with E-state index in [-0.39, 0.29) is 26.7 Å². The van der Waals surface area contributed by atoms with Gasteiger partial charge in [-0.05, 0) is 69.4 Å². The molecule has 5 aliphatic rings. The number of hydrogen-bond donors (Lipinski definition) is 6. The van der Waals surface area contributed by atoms with Crippen molar-refractivity contribution in [2.45, 2.75) is 21.1 Å². The Morgan fingerprint density at radius 2 is 1.06 bits per heavy atom. The number of nitrogens with zero attached hydrogens (tertiary/aromatic N) is 1. The molecule has 8 aromatic carbocycles. The van der Waals surface area contributed by atoms with Gasteiger partial charge in [0.25, 0.3) is 20.2 Å². The zero-order valence-corrected chi connectivity index (χ0v) is 34.6. The van der Waals surface area contributed by atoms with Gasteiger partial charge in [0.05, 0.1) is 32.0 Å². The smallest absolute Gasteiger partial charge is 0.294 e. The molecule has 0 fully saturated rings. The van der Waals surface area contributed by atoms with Crippen LogP contribution < -0.4 is 26.5 Å². The fourth-order valence-corrected chi connectivity index (χ4v) is 11.7. The van der Waals surface area contributed by atoms with Crippen LogP contribution in [0.5, 0.6) is 0 Å². The van der Waals surface area contributed by atoms with E-state index in [9.17, 15) is 35.8 Å². The lowest BCUT2D eigenvalue weighted by atomic mass is 9.79. The topological polar surface area (TPSA) is 194 Å². The van der Waals surface area contributed by atoms with Crippen molar-refractivity contribution in [2.75, 3.05) is 16.0 Å². The van der Waals surface area contributed by atoms with Gasteiger partial charge in [-0.25, -0.2) is 4.99 Å². The predicted octanol–water partition coefficient (Wildman–Crippen LogP) is 7.84. The van der Waals surface area contributed by atoms with Crippen molar-refractivity contribution in [3.63, 3.8) is 0 Å². The molecule has 2 atom stereocenters. The molecule has 6 N–H and O–H groups in total. The fourth-order valence-electron chi connectivity index (χ4n) is 10.7. The molecule has 0 radical (unpaired) electrons. The molecular formula is C50H30N4O8S2. The molecule has 8 aromatic rings. The fraction of sp³-hybridized carbons (Fsp3) is 0.0400. The van der Waals surface area contributed by atoms with Gasteiger partial charge in [-0.1, -0.05) is 109 Å². The lowest BCUT2D eigenvalue weighted by Crippen LogP contribution is -2.45. The van der Waals surface area contributed by atoms with Crippen LogP contribution in [0.2, 0.25) is 0 Å². The van der Waals surface area contributed by atoms with Gasteiger partial charge >= 0.3 is 0 Å². The normalized spacial score (nSPS) is 20.5. The second kappa shape index (κ2) is 12.1. The SMILES string of the molecule is O=C1C(c2ccc3cccc4c3c2NC2(N4)c3ccccc3-c3ccc(S(=O)(=O)O)cc32)=C(O)/C1=c1\ccc2cccc3c2c1=NC1(N3)c2ccccc2-c2ccc(S(=O)(=O)O)cc21. The van der Waals surface area contributed by atoms with Gasteiger partial charge in [-0.2, -0.15) is 16.8 Å². The molecule has 0 bridgehead atoms. The molecule has 310 valence electrons. The van der Waals surface area contributed by atoms with Crippen molar-refractivity contribution in [1.82, 2.24) is 0 Å². The molecule has 12 nitrogen and oxygen atoms in total. The number of rotatable bonds is 3. The minimum absolute atomic E-state index is 0.0549. The Kier molecular flexibility index (Phi) is 6.99. The summed E-state index contributed by atoms with van der Waals surface area (Å²) in [6, 6.07) is 42.9. The Hall–Kier alpha value is -7.62. The van der Waals surface area contributed by atoms with Crippen LogP contribution in [-0.2, 0) is 36.4 Å². The summed E-state index contributed by atoms with van der Waals surface area (Å²) in [4.78, 5) is 19.8. The van der Waals surface area contributed by atoms with Crippen molar-refractivity contribution in [3.05, 3.63) is 190 Å². The molecule has 64 heavy (non-hydrogen) atoms. The highest BCUT2D eigenvalue weighted by Gasteiger charge is 2.49. The summed E-state index contributed by atoms with van der Waals surface area (Å²) < 4.78 is 70.3. The molecule has 0 aromatic heterocycles. The summed E-state index contributed by atoms with van der Waals surface area (Å²) in [7, 11) is -9.18. The number of hydrogen-bond acceptors (Lipinski definition) is 10. The summed E-state index contributed by atoms with van der Waals surface area (Å²) in [6.07, 6.45) is 0. The quantitative estimate of drug-likeness (QED) is 0.0948. The molecule has 14 heteroatoms. The van der Waals surface area contributed by atoms with E-state index >= 15 is 0 Å². The van der Waals surface area contributed by atoms with Crippen molar-refractivity contribution in [1.29, 1.82) is 0 Å². The third-order valence-electron chi connectivity index (χ3n) is 13.4. The van der Waals surface area contributed by atoms with Crippen LogP contribution in [0.4, 0.5) is 17.1 Å².